The van der Waals surface area contributed by atoms with Crippen molar-refractivity contribution < 1.29 is 4.74 Å². The Bertz CT molecular complexity index is 780. The van der Waals surface area contributed by atoms with E-state index in [1.807, 2.05) is 54.7 Å². The van der Waals surface area contributed by atoms with E-state index in [0.717, 1.165) is 17.1 Å². The summed E-state index contributed by atoms with van der Waals surface area (Å²) in [4.78, 5) is 8.70. The minimum atomic E-state index is 0.634. The van der Waals surface area contributed by atoms with Gasteiger partial charge in [-0.25, -0.2) is 9.98 Å². The number of rotatable bonds is 3. The second-order valence-electron chi connectivity index (χ2n) is 4.74. The number of hydrogen-bond acceptors (Lipinski definition) is 3. The molecule has 6 heteroatoms. The molecule has 0 spiro atoms. The fourth-order valence-corrected chi connectivity index (χ4v) is 2.10. The van der Waals surface area contributed by atoms with E-state index in [9.17, 15) is 0 Å². The molecule has 0 unspecified atom stereocenters. The molecule has 0 aliphatic rings. The lowest BCUT2D eigenvalue weighted by Crippen LogP contribution is -2.20. The highest BCUT2D eigenvalue weighted by Gasteiger charge is 2.04. The van der Waals surface area contributed by atoms with Crippen molar-refractivity contribution in [2.45, 2.75) is 0 Å². The van der Waals surface area contributed by atoms with Gasteiger partial charge in [0.2, 0.25) is 5.96 Å². The van der Waals surface area contributed by atoms with Crippen LogP contribution in [0.25, 0.3) is 0 Å². The third-order valence-corrected chi connectivity index (χ3v) is 3.41. The van der Waals surface area contributed by atoms with Gasteiger partial charge in [-0.1, -0.05) is 11.6 Å². The number of nitrogens with zero attached hydrogens (tertiary/aromatic N) is 3. The van der Waals surface area contributed by atoms with E-state index in [-0.39, 0.29) is 0 Å². The lowest BCUT2D eigenvalue weighted by molar-refractivity contribution is 0.415. The number of halogens is 1. The van der Waals surface area contributed by atoms with Gasteiger partial charge in [0, 0.05) is 23.1 Å². The van der Waals surface area contributed by atoms with Crippen LogP contribution in [-0.4, -0.2) is 22.6 Å². The summed E-state index contributed by atoms with van der Waals surface area (Å²) < 4.78 is 6.97. The smallest absolute Gasteiger partial charge is 0.213 e. The minimum absolute atomic E-state index is 0.634. The van der Waals surface area contributed by atoms with Gasteiger partial charge in [0.15, 0.2) is 0 Å². The maximum atomic E-state index is 5.92. The Balaban J connectivity index is 1.91. The van der Waals surface area contributed by atoms with E-state index in [4.69, 9.17) is 16.3 Å². The molecule has 0 radical (unpaired) electrons. The fourth-order valence-electron chi connectivity index (χ4n) is 1.98. The molecule has 3 rings (SSSR count). The Morgan fingerprint density at radius 1 is 1.13 bits per heavy atom. The first-order chi connectivity index (χ1) is 11.2. The summed E-state index contributed by atoms with van der Waals surface area (Å²) in [6.07, 6.45) is 5.21. The highest BCUT2D eigenvalue weighted by molar-refractivity contribution is 6.30. The molecule has 1 aromatic heterocycles. The first-order valence-electron chi connectivity index (χ1n) is 6.98. The molecule has 0 saturated carbocycles. The van der Waals surface area contributed by atoms with Crippen LogP contribution < -0.4 is 10.1 Å². The number of benzene rings is 2. The van der Waals surface area contributed by atoms with Crippen molar-refractivity contribution in [3.63, 3.8) is 0 Å². The Labute approximate surface area is 139 Å². The first-order valence-corrected chi connectivity index (χ1v) is 7.36. The molecule has 0 fully saturated rings. The normalized spacial score (nSPS) is 11.3. The maximum absolute atomic E-state index is 5.92. The zero-order chi connectivity index (χ0) is 16.1. The number of aromatic nitrogens is 2. The van der Waals surface area contributed by atoms with Crippen molar-refractivity contribution in [1.29, 1.82) is 0 Å². The second kappa shape index (κ2) is 6.98. The first kappa shape index (κ1) is 15.1. The average molecular weight is 327 g/mol. The van der Waals surface area contributed by atoms with Crippen molar-refractivity contribution in [2.75, 3.05) is 12.4 Å². The summed E-state index contributed by atoms with van der Waals surface area (Å²) in [5, 5.41) is 3.96. The number of anilines is 1. The Kier molecular flexibility index (Phi) is 4.59. The van der Waals surface area contributed by atoms with Gasteiger partial charge in [0.1, 0.15) is 12.1 Å². The van der Waals surface area contributed by atoms with Crippen molar-refractivity contribution in [2.24, 2.45) is 4.99 Å². The third kappa shape index (κ3) is 3.90. The van der Waals surface area contributed by atoms with E-state index in [2.05, 4.69) is 15.3 Å². The molecule has 1 heterocycles. The zero-order valence-corrected chi connectivity index (χ0v) is 13.2. The van der Waals surface area contributed by atoms with Crippen LogP contribution in [-0.2, 0) is 0 Å². The molecule has 116 valence electrons. The van der Waals surface area contributed by atoms with E-state index < -0.39 is 0 Å². The van der Waals surface area contributed by atoms with Gasteiger partial charge in [-0.15, -0.1) is 0 Å². The van der Waals surface area contributed by atoms with E-state index in [1.165, 1.54) is 0 Å². The predicted octanol–water partition coefficient (Wildman–Crippen LogP) is 4.19. The average Bonchev–Trinajstić information content (AvgIpc) is 3.11. The monoisotopic (exact) mass is 326 g/mol. The van der Waals surface area contributed by atoms with Gasteiger partial charge in [0.25, 0.3) is 0 Å². The quantitative estimate of drug-likeness (QED) is 0.580. The molecule has 0 aliphatic carbocycles. The van der Waals surface area contributed by atoms with Crippen LogP contribution in [0.15, 0.2) is 72.2 Å². The molecule has 0 saturated heterocycles. The molecular weight excluding hydrogens is 312 g/mol. The highest BCUT2D eigenvalue weighted by atomic mass is 35.5. The molecule has 1 N–H and O–H groups in total. The van der Waals surface area contributed by atoms with E-state index >= 15 is 0 Å². The molecule has 0 bridgehead atoms. The van der Waals surface area contributed by atoms with Crippen LogP contribution in [0, 0.1) is 0 Å². The number of hydrogen-bond donors (Lipinski definition) is 1. The van der Waals surface area contributed by atoms with Crippen LogP contribution in [0.4, 0.5) is 11.4 Å². The van der Waals surface area contributed by atoms with Crippen molar-refractivity contribution in [3.8, 4) is 5.75 Å². The lowest BCUT2D eigenvalue weighted by Gasteiger charge is -2.11. The minimum Gasteiger partial charge on any atom is -0.497 e. The van der Waals surface area contributed by atoms with E-state index in [1.54, 1.807) is 24.2 Å². The van der Waals surface area contributed by atoms with Crippen LogP contribution in [0.1, 0.15) is 0 Å². The number of methoxy groups -OCH3 is 1. The molecule has 0 amide bonds. The molecular formula is C17H15ClN4O. The fraction of sp³-hybridized carbons (Fsp3) is 0.0588. The summed E-state index contributed by atoms with van der Waals surface area (Å²) in [6.45, 7) is 0. The van der Waals surface area contributed by atoms with Gasteiger partial charge in [0.05, 0.1) is 12.8 Å². The van der Waals surface area contributed by atoms with Crippen molar-refractivity contribution in [1.82, 2.24) is 9.55 Å². The zero-order valence-electron chi connectivity index (χ0n) is 12.5. The number of imidazole rings is 1. The van der Waals surface area contributed by atoms with Crippen LogP contribution in [0.3, 0.4) is 0 Å². The molecule has 3 aromatic rings. The van der Waals surface area contributed by atoms with Gasteiger partial charge >= 0.3 is 0 Å². The molecule has 2 aromatic carbocycles. The maximum Gasteiger partial charge on any atom is 0.213 e. The van der Waals surface area contributed by atoms with Crippen LogP contribution in [0.2, 0.25) is 5.02 Å². The van der Waals surface area contributed by atoms with Crippen LogP contribution in [0.5, 0.6) is 5.75 Å². The Morgan fingerprint density at radius 2 is 1.87 bits per heavy atom. The van der Waals surface area contributed by atoms with E-state index in [0.29, 0.717) is 11.0 Å². The second-order valence-corrected chi connectivity index (χ2v) is 5.17. The Hall–Kier alpha value is -2.79. The summed E-state index contributed by atoms with van der Waals surface area (Å²) in [5.74, 6) is 1.42. The summed E-state index contributed by atoms with van der Waals surface area (Å²) >= 11 is 5.92. The summed E-state index contributed by atoms with van der Waals surface area (Å²) in [6, 6.07) is 14.9. The van der Waals surface area contributed by atoms with Gasteiger partial charge in [-0.05, 0) is 48.5 Å². The lowest BCUT2D eigenvalue weighted by atomic mass is 10.3. The summed E-state index contributed by atoms with van der Waals surface area (Å²) in [7, 11) is 1.64. The third-order valence-electron chi connectivity index (χ3n) is 3.16. The van der Waals surface area contributed by atoms with Crippen LogP contribution >= 0.6 is 11.6 Å². The SMILES string of the molecule is COc1ccc(N=C(Nc2ccc(Cl)cc2)n2ccnc2)cc1. The molecule has 0 atom stereocenters. The molecule has 5 nitrogen and oxygen atoms in total. The number of nitrogens with one attached hydrogen (secondary N) is 1. The predicted molar refractivity (Wildman–Crippen MR) is 92.8 cm³/mol. The topological polar surface area (TPSA) is 51.4 Å². The largest absolute Gasteiger partial charge is 0.497 e. The van der Waals surface area contributed by atoms with Gasteiger partial charge in [-0.2, -0.15) is 0 Å². The van der Waals surface area contributed by atoms with Gasteiger partial charge in [-0.3, -0.25) is 4.57 Å². The van der Waals surface area contributed by atoms with Crippen molar-refractivity contribution in [3.05, 3.63) is 72.3 Å². The number of ether oxygens (including phenoxy) is 1. The van der Waals surface area contributed by atoms with Crippen molar-refractivity contribution >= 4 is 28.9 Å². The molecule has 23 heavy (non-hydrogen) atoms. The molecule has 0 aliphatic heterocycles. The Morgan fingerprint density at radius 3 is 2.48 bits per heavy atom. The standard InChI is InChI=1S/C17H15ClN4O/c1-23-16-8-6-15(7-9-16)21-17(22-11-10-19-12-22)20-14-4-2-13(18)3-5-14/h2-12H,1H3,(H,20,21). The highest BCUT2D eigenvalue weighted by Crippen LogP contribution is 2.19. The summed E-state index contributed by atoms with van der Waals surface area (Å²) in [5.41, 5.74) is 1.69. The van der Waals surface area contributed by atoms with Gasteiger partial charge < -0.3 is 10.1 Å². The number of aliphatic imine (C=N–C) groups is 1.